The third-order valence-corrected chi connectivity index (χ3v) is 3.09. The first-order valence-corrected chi connectivity index (χ1v) is 5.43. The zero-order valence-electron chi connectivity index (χ0n) is 9.12. The van der Waals surface area contributed by atoms with Crippen molar-refractivity contribution in [2.45, 2.75) is 39.2 Å². The Hall–Kier alpha value is -0.610. The molecular weight excluding hydrogens is 178 g/mol. The highest BCUT2D eigenvalue weighted by Gasteiger charge is 2.26. The van der Waals surface area contributed by atoms with Crippen LogP contribution in [0.5, 0.6) is 0 Å². The molecule has 1 aliphatic rings. The summed E-state index contributed by atoms with van der Waals surface area (Å²) in [6.07, 6.45) is 3.21. The molecule has 1 amide bonds. The summed E-state index contributed by atoms with van der Waals surface area (Å²) < 4.78 is 0. The van der Waals surface area contributed by atoms with Crippen molar-refractivity contribution in [2.75, 3.05) is 13.1 Å². The number of nitrogens with one attached hydrogen (secondary N) is 1. The highest BCUT2D eigenvalue weighted by Crippen LogP contribution is 2.19. The van der Waals surface area contributed by atoms with Crippen molar-refractivity contribution in [2.24, 2.45) is 11.8 Å². The van der Waals surface area contributed by atoms with E-state index < -0.39 is 0 Å². The van der Waals surface area contributed by atoms with Crippen molar-refractivity contribution >= 4 is 5.91 Å². The van der Waals surface area contributed by atoms with Crippen molar-refractivity contribution in [1.29, 1.82) is 0 Å². The van der Waals surface area contributed by atoms with E-state index in [0.29, 0.717) is 0 Å². The Morgan fingerprint density at radius 1 is 1.57 bits per heavy atom. The average molecular weight is 199 g/mol. The van der Waals surface area contributed by atoms with E-state index in [9.17, 15) is 4.79 Å². The molecule has 1 heterocycles. The van der Waals surface area contributed by atoms with E-state index >= 15 is 0 Å². The second kappa shape index (κ2) is 5.32. The molecule has 0 spiro atoms. The molecule has 3 N–H and O–H groups in total. The number of hydrogen-bond donors (Lipinski definition) is 2. The number of nitrogens with zero attached hydrogens (tertiary/aromatic N) is 1. The molecular formula is C10H21N3O. The third kappa shape index (κ3) is 2.69. The Kier molecular flexibility index (Phi) is 4.35. The quantitative estimate of drug-likeness (QED) is 0.395. The first-order chi connectivity index (χ1) is 6.69. The maximum absolute atomic E-state index is 11.4. The van der Waals surface area contributed by atoms with Crippen LogP contribution in [0.2, 0.25) is 0 Å². The van der Waals surface area contributed by atoms with Gasteiger partial charge in [0.05, 0.1) is 6.04 Å². The highest BCUT2D eigenvalue weighted by molar-refractivity contribution is 5.81. The molecule has 0 aromatic rings. The summed E-state index contributed by atoms with van der Waals surface area (Å²) in [7, 11) is 0. The second-order valence-corrected chi connectivity index (χ2v) is 4.15. The molecule has 4 nitrogen and oxygen atoms in total. The van der Waals surface area contributed by atoms with Gasteiger partial charge >= 0.3 is 0 Å². The predicted octanol–water partition coefficient (Wildman–Crippen LogP) is 0.487. The van der Waals surface area contributed by atoms with E-state index in [1.54, 1.807) is 0 Å². The first-order valence-electron chi connectivity index (χ1n) is 5.43. The molecule has 0 unspecified atom stereocenters. The van der Waals surface area contributed by atoms with Gasteiger partial charge in [-0.3, -0.25) is 15.1 Å². The fraction of sp³-hybridized carbons (Fsp3) is 0.900. The molecule has 0 aromatic carbocycles. The Morgan fingerprint density at radius 3 is 2.57 bits per heavy atom. The number of carbonyl (C=O) groups is 1. The summed E-state index contributed by atoms with van der Waals surface area (Å²) in [4.78, 5) is 13.7. The van der Waals surface area contributed by atoms with Crippen molar-refractivity contribution in [3.63, 3.8) is 0 Å². The summed E-state index contributed by atoms with van der Waals surface area (Å²) in [6, 6.07) is -0.0347. The van der Waals surface area contributed by atoms with E-state index in [1.165, 1.54) is 12.8 Å². The molecule has 0 aromatic heterocycles. The van der Waals surface area contributed by atoms with Crippen molar-refractivity contribution in [3.05, 3.63) is 0 Å². The average Bonchev–Trinajstić information content (AvgIpc) is 2.21. The lowest BCUT2D eigenvalue weighted by molar-refractivity contribution is -0.127. The van der Waals surface area contributed by atoms with Gasteiger partial charge in [0.25, 0.3) is 5.91 Å². The Bertz CT molecular complexity index is 188. The van der Waals surface area contributed by atoms with Crippen LogP contribution >= 0.6 is 0 Å². The molecule has 1 rings (SSSR count). The van der Waals surface area contributed by atoms with Crippen LogP contribution in [0.4, 0.5) is 0 Å². The summed E-state index contributed by atoms with van der Waals surface area (Å²) in [6.45, 7) is 6.33. The monoisotopic (exact) mass is 199 g/mol. The summed E-state index contributed by atoms with van der Waals surface area (Å²) in [5.74, 6) is 5.90. The molecule has 0 saturated carbocycles. The standard InChI is InChI=1S/C10H21N3O/c1-3-9(10(14)12-11)13-6-4-8(2)5-7-13/h8-9H,3-7,11H2,1-2H3,(H,12,14)/t9-/m1/s1. The van der Waals surface area contributed by atoms with Crippen LogP contribution in [0.15, 0.2) is 0 Å². The number of nitrogens with two attached hydrogens (primary N) is 1. The molecule has 1 fully saturated rings. The van der Waals surface area contributed by atoms with Gasteiger partial charge in [0.1, 0.15) is 0 Å². The van der Waals surface area contributed by atoms with Crippen molar-refractivity contribution in [3.8, 4) is 0 Å². The van der Waals surface area contributed by atoms with E-state index in [1.807, 2.05) is 6.92 Å². The Balaban J connectivity index is 2.48. The van der Waals surface area contributed by atoms with Crippen LogP contribution in [0.25, 0.3) is 0 Å². The van der Waals surface area contributed by atoms with Crippen LogP contribution in [-0.4, -0.2) is 29.9 Å². The number of amides is 1. The van der Waals surface area contributed by atoms with E-state index in [0.717, 1.165) is 25.4 Å². The largest absolute Gasteiger partial charge is 0.293 e. The highest BCUT2D eigenvalue weighted by atomic mass is 16.2. The fourth-order valence-electron chi connectivity index (χ4n) is 2.05. The fourth-order valence-corrected chi connectivity index (χ4v) is 2.05. The topological polar surface area (TPSA) is 58.4 Å². The molecule has 1 aliphatic heterocycles. The van der Waals surface area contributed by atoms with Gasteiger partial charge in [-0.1, -0.05) is 13.8 Å². The molecule has 14 heavy (non-hydrogen) atoms. The number of carbonyl (C=O) groups excluding carboxylic acids is 1. The third-order valence-electron chi connectivity index (χ3n) is 3.09. The predicted molar refractivity (Wildman–Crippen MR) is 56.4 cm³/mol. The van der Waals surface area contributed by atoms with Gasteiger partial charge < -0.3 is 0 Å². The molecule has 0 bridgehead atoms. The molecule has 1 saturated heterocycles. The SMILES string of the molecule is CC[C@H](C(=O)NN)N1CCC(C)CC1. The van der Waals surface area contributed by atoms with Crippen LogP contribution < -0.4 is 11.3 Å². The zero-order valence-corrected chi connectivity index (χ0v) is 9.12. The first kappa shape index (κ1) is 11.5. The number of likely N-dealkylation sites (tertiary alicyclic amines) is 1. The molecule has 4 heteroatoms. The van der Waals surface area contributed by atoms with Crippen LogP contribution in [-0.2, 0) is 4.79 Å². The van der Waals surface area contributed by atoms with Gasteiger partial charge in [-0.05, 0) is 38.3 Å². The summed E-state index contributed by atoms with van der Waals surface area (Å²) in [5.41, 5.74) is 2.24. The molecule has 82 valence electrons. The second-order valence-electron chi connectivity index (χ2n) is 4.15. The lowest BCUT2D eigenvalue weighted by Crippen LogP contribution is -2.51. The maximum Gasteiger partial charge on any atom is 0.251 e. The van der Waals surface area contributed by atoms with Crippen LogP contribution in [0.1, 0.15) is 33.1 Å². The normalized spacial score (nSPS) is 21.9. The molecule has 1 atom stereocenters. The summed E-state index contributed by atoms with van der Waals surface area (Å²) in [5, 5.41) is 0. The van der Waals surface area contributed by atoms with E-state index in [2.05, 4.69) is 17.2 Å². The van der Waals surface area contributed by atoms with Gasteiger partial charge in [0.2, 0.25) is 0 Å². The lowest BCUT2D eigenvalue weighted by atomic mass is 9.97. The van der Waals surface area contributed by atoms with E-state index in [-0.39, 0.29) is 11.9 Å². The summed E-state index contributed by atoms with van der Waals surface area (Å²) >= 11 is 0. The Labute approximate surface area is 85.8 Å². The van der Waals surface area contributed by atoms with Crippen molar-refractivity contribution in [1.82, 2.24) is 10.3 Å². The number of rotatable bonds is 3. The number of hydrazine groups is 1. The lowest BCUT2D eigenvalue weighted by Gasteiger charge is -2.35. The van der Waals surface area contributed by atoms with E-state index in [4.69, 9.17) is 5.84 Å². The van der Waals surface area contributed by atoms with Gasteiger partial charge in [-0.2, -0.15) is 0 Å². The number of piperidine rings is 1. The number of hydrogen-bond acceptors (Lipinski definition) is 3. The molecule has 0 aliphatic carbocycles. The van der Waals surface area contributed by atoms with Gasteiger partial charge in [-0.25, -0.2) is 5.84 Å². The minimum atomic E-state index is -0.0537. The van der Waals surface area contributed by atoms with Gasteiger partial charge in [0, 0.05) is 0 Å². The maximum atomic E-state index is 11.4. The minimum absolute atomic E-state index is 0.0347. The zero-order chi connectivity index (χ0) is 10.6. The van der Waals surface area contributed by atoms with Gasteiger partial charge in [-0.15, -0.1) is 0 Å². The van der Waals surface area contributed by atoms with Crippen LogP contribution in [0.3, 0.4) is 0 Å². The molecule has 0 radical (unpaired) electrons. The Morgan fingerprint density at radius 2 is 2.14 bits per heavy atom. The van der Waals surface area contributed by atoms with Crippen molar-refractivity contribution < 1.29 is 4.79 Å². The van der Waals surface area contributed by atoms with Crippen LogP contribution in [0, 0.1) is 5.92 Å². The van der Waals surface area contributed by atoms with Gasteiger partial charge in [0.15, 0.2) is 0 Å². The smallest absolute Gasteiger partial charge is 0.251 e. The minimum Gasteiger partial charge on any atom is -0.293 e.